The number of alkyl halides is 3. The van der Waals surface area contributed by atoms with E-state index in [1.807, 2.05) is 4.13 Å². The fraction of sp³-hybridized carbons (Fsp3) is 1.00. The molecular weight excluding hydrogens is 298 g/mol. The number of sulfonamides is 2. The monoisotopic (exact) mass is 307 g/mol. The molecule has 0 spiro atoms. The quantitative estimate of drug-likeness (QED) is 0.570. The normalized spacial score (nSPS) is 13.2. The van der Waals surface area contributed by atoms with Gasteiger partial charge in [0.1, 0.15) is 0 Å². The summed E-state index contributed by atoms with van der Waals surface area (Å²) in [4.78, 5) is 0. The standard InChI is InChI=1S/C5H9F3NO4S2.K/c1-2-3-4-14(10,11)9-15(12,13)5(6,7)8;/h2-4H2,1H3;/q-1;+1. The number of rotatable bonds is 5. The van der Waals surface area contributed by atoms with E-state index in [1.54, 1.807) is 6.92 Å². The maximum Gasteiger partial charge on any atom is 1.00 e. The van der Waals surface area contributed by atoms with Gasteiger partial charge in [0, 0.05) is 5.75 Å². The van der Waals surface area contributed by atoms with E-state index in [0.29, 0.717) is 6.42 Å². The van der Waals surface area contributed by atoms with Crippen molar-refractivity contribution < 1.29 is 81.4 Å². The average molecular weight is 307 g/mol. The molecule has 0 aromatic carbocycles. The molecule has 0 saturated carbocycles. The van der Waals surface area contributed by atoms with Gasteiger partial charge in [0.05, 0.1) is 10.0 Å². The molecule has 0 aromatic heterocycles. The Morgan fingerprint density at radius 1 is 1.12 bits per heavy atom. The first-order valence-electron chi connectivity index (χ1n) is 3.80. The van der Waals surface area contributed by atoms with Gasteiger partial charge in [0.15, 0.2) is 10.0 Å². The Labute approximate surface area is 135 Å². The third kappa shape index (κ3) is 6.89. The number of hydrogen-bond donors (Lipinski definition) is 0. The molecule has 0 heterocycles. The Balaban J connectivity index is 0. The van der Waals surface area contributed by atoms with Crippen LogP contribution in [0.3, 0.4) is 0 Å². The van der Waals surface area contributed by atoms with Crippen LogP contribution in [0.5, 0.6) is 0 Å². The van der Waals surface area contributed by atoms with Crippen molar-refractivity contribution in [3.05, 3.63) is 4.13 Å². The first-order chi connectivity index (χ1) is 6.52. The van der Waals surface area contributed by atoms with Crippen molar-refractivity contribution in [3.8, 4) is 0 Å². The van der Waals surface area contributed by atoms with Crippen molar-refractivity contribution in [2.24, 2.45) is 0 Å². The molecule has 5 nitrogen and oxygen atoms in total. The Hall–Kier alpha value is 1.29. The summed E-state index contributed by atoms with van der Waals surface area (Å²) in [7, 11) is -10.5. The molecule has 0 aliphatic heterocycles. The van der Waals surface area contributed by atoms with Crippen LogP contribution >= 0.6 is 0 Å². The molecular formula is C5H9F3KNO4S2. The number of hydrogen-bond acceptors (Lipinski definition) is 4. The molecule has 0 aliphatic carbocycles. The van der Waals surface area contributed by atoms with Gasteiger partial charge >= 0.3 is 56.9 Å². The molecule has 16 heavy (non-hydrogen) atoms. The van der Waals surface area contributed by atoms with E-state index >= 15 is 0 Å². The molecule has 0 saturated heterocycles. The van der Waals surface area contributed by atoms with Crippen LogP contribution < -0.4 is 51.4 Å². The average Bonchev–Trinajstić information content (AvgIpc) is 1.96. The van der Waals surface area contributed by atoms with Crippen molar-refractivity contribution in [2.75, 3.05) is 5.75 Å². The molecule has 0 rings (SSSR count). The van der Waals surface area contributed by atoms with Crippen molar-refractivity contribution in [3.63, 3.8) is 0 Å². The van der Waals surface area contributed by atoms with E-state index < -0.39 is 31.3 Å². The summed E-state index contributed by atoms with van der Waals surface area (Å²) in [5.74, 6) is -0.710. The third-order valence-electron chi connectivity index (χ3n) is 1.26. The predicted molar refractivity (Wildman–Crippen MR) is 47.0 cm³/mol. The van der Waals surface area contributed by atoms with Crippen molar-refractivity contribution >= 4 is 20.0 Å². The molecule has 0 aromatic rings. The first kappa shape index (κ1) is 19.6. The maximum absolute atomic E-state index is 11.7. The van der Waals surface area contributed by atoms with Crippen molar-refractivity contribution in [1.82, 2.24) is 0 Å². The summed E-state index contributed by atoms with van der Waals surface area (Å²) in [6, 6.07) is 0. The van der Waals surface area contributed by atoms with Gasteiger partial charge in [-0.05, 0) is 6.42 Å². The second-order valence-corrected chi connectivity index (χ2v) is 6.22. The van der Waals surface area contributed by atoms with Crippen LogP contribution in [-0.2, 0) is 20.0 Å². The van der Waals surface area contributed by atoms with E-state index in [0.717, 1.165) is 0 Å². The molecule has 0 N–H and O–H groups in total. The van der Waals surface area contributed by atoms with Crippen LogP contribution in [0.15, 0.2) is 0 Å². The zero-order chi connectivity index (χ0) is 12.3. The fourth-order valence-corrected chi connectivity index (χ4v) is 3.04. The SMILES string of the molecule is CCCCS(=O)(=O)[N-]S(=O)(=O)C(F)(F)F.[K+]. The second kappa shape index (κ2) is 7.02. The minimum atomic E-state index is -5.95. The van der Waals surface area contributed by atoms with Crippen LogP contribution in [0.25, 0.3) is 4.13 Å². The summed E-state index contributed by atoms with van der Waals surface area (Å²) in [6.07, 6.45) is 0.458. The minimum absolute atomic E-state index is 0. The zero-order valence-corrected chi connectivity index (χ0v) is 13.4. The summed E-state index contributed by atoms with van der Waals surface area (Å²) in [6.45, 7) is 1.60. The van der Waals surface area contributed by atoms with Crippen molar-refractivity contribution in [1.29, 1.82) is 0 Å². The Morgan fingerprint density at radius 3 is 1.88 bits per heavy atom. The van der Waals surface area contributed by atoms with Crippen LogP contribution in [-0.4, -0.2) is 28.1 Å². The fourth-order valence-electron chi connectivity index (χ4n) is 0.556. The Bertz CT molecular complexity index is 402. The summed E-state index contributed by atoms with van der Waals surface area (Å²) in [5.41, 5.74) is -5.67. The smallest absolute Gasteiger partial charge is 0.428 e. The first-order valence-corrected chi connectivity index (χ1v) is 6.85. The Kier molecular flexibility index (Phi) is 8.61. The van der Waals surface area contributed by atoms with E-state index in [9.17, 15) is 30.0 Å². The van der Waals surface area contributed by atoms with Gasteiger partial charge in [-0.3, -0.25) is 0 Å². The zero-order valence-electron chi connectivity index (χ0n) is 8.65. The molecule has 0 atom stereocenters. The summed E-state index contributed by atoms with van der Waals surface area (Å²) >= 11 is 0. The topological polar surface area (TPSA) is 82.4 Å². The van der Waals surface area contributed by atoms with Gasteiger partial charge in [-0.2, -0.15) is 13.2 Å². The largest absolute Gasteiger partial charge is 1.00 e. The summed E-state index contributed by atoms with van der Waals surface area (Å²) in [5, 5.41) is 0. The van der Waals surface area contributed by atoms with Crippen LogP contribution in [0.2, 0.25) is 0 Å². The second-order valence-electron chi connectivity index (χ2n) is 2.63. The number of unbranched alkanes of at least 4 members (excludes halogenated alkanes) is 1. The van der Waals surface area contributed by atoms with Gasteiger partial charge in [-0.15, -0.1) is 0 Å². The molecule has 0 aliphatic rings. The maximum atomic E-state index is 11.7. The number of halogens is 3. The molecule has 0 fully saturated rings. The molecule has 0 bridgehead atoms. The van der Waals surface area contributed by atoms with E-state index in [2.05, 4.69) is 0 Å². The van der Waals surface area contributed by atoms with Gasteiger partial charge in [-0.25, -0.2) is 16.8 Å². The molecule has 0 unspecified atom stereocenters. The molecule has 92 valence electrons. The minimum Gasteiger partial charge on any atom is -0.428 e. The van der Waals surface area contributed by atoms with Crippen molar-refractivity contribution in [2.45, 2.75) is 25.3 Å². The molecule has 0 radical (unpaired) electrons. The Morgan fingerprint density at radius 2 is 1.56 bits per heavy atom. The van der Waals surface area contributed by atoms with Crippen LogP contribution in [0.1, 0.15) is 19.8 Å². The van der Waals surface area contributed by atoms with Gasteiger partial charge in [0.25, 0.3) is 0 Å². The van der Waals surface area contributed by atoms with Crippen LogP contribution in [0, 0.1) is 0 Å². The van der Waals surface area contributed by atoms with Gasteiger partial charge < -0.3 is 4.13 Å². The number of nitrogens with zero attached hydrogens (tertiary/aromatic N) is 1. The van der Waals surface area contributed by atoms with Crippen LogP contribution in [0.4, 0.5) is 13.2 Å². The summed E-state index contributed by atoms with van der Waals surface area (Å²) < 4.78 is 79.4. The predicted octanol–water partition coefficient (Wildman–Crippen LogP) is -1.66. The van der Waals surface area contributed by atoms with Gasteiger partial charge in [0.2, 0.25) is 0 Å². The van der Waals surface area contributed by atoms with E-state index in [-0.39, 0.29) is 57.8 Å². The molecule has 11 heteroatoms. The van der Waals surface area contributed by atoms with E-state index in [4.69, 9.17) is 0 Å². The van der Waals surface area contributed by atoms with Gasteiger partial charge in [-0.1, -0.05) is 13.3 Å². The third-order valence-corrected chi connectivity index (χ3v) is 4.34. The molecule has 0 amide bonds. The van der Waals surface area contributed by atoms with E-state index in [1.165, 1.54) is 0 Å².